The van der Waals surface area contributed by atoms with E-state index in [9.17, 15) is 12.8 Å². The topological polar surface area (TPSA) is 71.4 Å². The zero-order valence-corrected chi connectivity index (χ0v) is 14.0. The van der Waals surface area contributed by atoms with Crippen molar-refractivity contribution < 1.29 is 12.8 Å². The summed E-state index contributed by atoms with van der Waals surface area (Å²) < 4.78 is 38.8. The fourth-order valence-corrected chi connectivity index (χ4v) is 4.90. The number of halogens is 1. The first-order valence-corrected chi connectivity index (χ1v) is 9.71. The highest BCUT2D eigenvalue weighted by Crippen LogP contribution is 2.28. The van der Waals surface area contributed by atoms with E-state index in [1.807, 2.05) is 24.3 Å². The van der Waals surface area contributed by atoms with Gasteiger partial charge in [0.2, 0.25) is 5.13 Å². The molecule has 0 aliphatic carbocycles. The highest BCUT2D eigenvalue weighted by molar-refractivity contribution is 7.91. The summed E-state index contributed by atoms with van der Waals surface area (Å²) in [6.07, 6.45) is 0.233. The lowest BCUT2D eigenvalue weighted by Crippen LogP contribution is -2.23. The van der Waals surface area contributed by atoms with Crippen molar-refractivity contribution in [2.75, 3.05) is 11.2 Å². The van der Waals surface area contributed by atoms with Gasteiger partial charge in [-0.25, -0.2) is 17.8 Å². The first kappa shape index (κ1) is 15.2. The van der Waals surface area contributed by atoms with Crippen molar-refractivity contribution in [3.63, 3.8) is 0 Å². The van der Waals surface area contributed by atoms with Gasteiger partial charge in [-0.1, -0.05) is 23.5 Å². The van der Waals surface area contributed by atoms with Crippen LogP contribution in [0.2, 0.25) is 0 Å². The van der Waals surface area contributed by atoms with E-state index in [0.29, 0.717) is 16.4 Å². The van der Waals surface area contributed by atoms with Crippen molar-refractivity contribution in [3.8, 4) is 0 Å². The number of sulfone groups is 1. The maximum atomic E-state index is 13.5. The SMILES string of the molecule is O=S1(=O)CC/C(=N\Nc2nc3ccccc3s2)c2cc(F)ccc21. The average Bonchev–Trinajstić information content (AvgIpc) is 2.96. The predicted molar refractivity (Wildman–Crippen MR) is 92.8 cm³/mol. The number of rotatable bonds is 2. The minimum absolute atomic E-state index is 0.0357. The smallest absolute Gasteiger partial charge is 0.204 e. The molecule has 1 aliphatic rings. The van der Waals surface area contributed by atoms with Crippen molar-refractivity contribution in [3.05, 3.63) is 53.8 Å². The van der Waals surface area contributed by atoms with E-state index < -0.39 is 15.7 Å². The second-order valence-corrected chi connectivity index (χ2v) is 8.47. The Kier molecular flexibility index (Phi) is 3.58. The Balaban J connectivity index is 1.71. The molecule has 0 unspecified atom stereocenters. The minimum Gasteiger partial charge on any atom is -0.252 e. The van der Waals surface area contributed by atoms with E-state index in [1.165, 1.54) is 23.5 Å². The lowest BCUT2D eigenvalue weighted by molar-refractivity contribution is 0.593. The maximum absolute atomic E-state index is 13.5. The van der Waals surface area contributed by atoms with Gasteiger partial charge in [0.25, 0.3) is 0 Å². The third-order valence-corrected chi connectivity index (χ3v) is 6.48. The predicted octanol–water partition coefficient (Wildman–Crippen LogP) is 3.43. The zero-order chi connectivity index (χ0) is 16.7. The highest BCUT2D eigenvalue weighted by atomic mass is 32.2. The van der Waals surface area contributed by atoms with Crippen LogP contribution < -0.4 is 5.43 Å². The molecule has 4 rings (SSSR count). The van der Waals surface area contributed by atoms with Crippen LogP contribution in [0.1, 0.15) is 12.0 Å². The van der Waals surface area contributed by atoms with E-state index >= 15 is 0 Å². The summed E-state index contributed by atoms with van der Waals surface area (Å²) in [6, 6.07) is 11.4. The van der Waals surface area contributed by atoms with Crippen LogP contribution in [0, 0.1) is 5.82 Å². The Morgan fingerprint density at radius 3 is 2.88 bits per heavy atom. The van der Waals surface area contributed by atoms with Crippen LogP contribution in [-0.2, 0) is 9.84 Å². The van der Waals surface area contributed by atoms with E-state index in [-0.39, 0.29) is 17.1 Å². The largest absolute Gasteiger partial charge is 0.252 e. The van der Waals surface area contributed by atoms with Crippen molar-refractivity contribution in [1.82, 2.24) is 4.98 Å². The Morgan fingerprint density at radius 1 is 1.21 bits per heavy atom. The molecule has 2 aromatic carbocycles. The van der Waals surface area contributed by atoms with Crippen LogP contribution in [0.5, 0.6) is 0 Å². The lowest BCUT2D eigenvalue weighted by Gasteiger charge is -2.18. The quantitative estimate of drug-likeness (QED) is 0.561. The summed E-state index contributed by atoms with van der Waals surface area (Å²) in [7, 11) is -3.38. The van der Waals surface area contributed by atoms with Crippen LogP contribution in [-0.4, -0.2) is 24.9 Å². The third kappa shape index (κ3) is 2.67. The molecule has 122 valence electrons. The number of para-hydroxylation sites is 1. The number of hydrogen-bond acceptors (Lipinski definition) is 6. The number of hydrogen-bond donors (Lipinski definition) is 1. The molecule has 0 saturated heterocycles. The molecule has 0 saturated carbocycles. The number of nitrogens with one attached hydrogen (secondary N) is 1. The molecular formula is C16H12FN3O2S2. The molecule has 0 radical (unpaired) electrons. The van der Waals surface area contributed by atoms with Gasteiger partial charge in [-0.15, -0.1) is 0 Å². The molecule has 1 aromatic heterocycles. The van der Waals surface area contributed by atoms with Gasteiger partial charge in [-0.05, 0) is 30.3 Å². The maximum Gasteiger partial charge on any atom is 0.204 e. The van der Waals surface area contributed by atoms with E-state index in [4.69, 9.17) is 0 Å². The number of aromatic nitrogens is 1. The minimum atomic E-state index is -3.38. The Morgan fingerprint density at radius 2 is 2.04 bits per heavy atom. The van der Waals surface area contributed by atoms with Crippen LogP contribution in [0.3, 0.4) is 0 Å². The molecule has 8 heteroatoms. The third-order valence-electron chi connectivity index (χ3n) is 3.78. The molecule has 1 N–H and O–H groups in total. The molecule has 0 fully saturated rings. The molecule has 0 spiro atoms. The average molecular weight is 361 g/mol. The number of thiazole rings is 1. The summed E-state index contributed by atoms with van der Waals surface area (Å²) in [4.78, 5) is 4.53. The molecule has 1 aliphatic heterocycles. The molecule has 0 atom stereocenters. The van der Waals surface area contributed by atoms with Crippen molar-refractivity contribution >= 4 is 42.2 Å². The molecule has 3 aromatic rings. The van der Waals surface area contributed by atoms with Crippen LogP contribution in [0.25, 0.3) is 10.2 Å². The second-order valence-electron chi connectivity index (χ2n) is 5.37. The van der Waals surface area contributed by atoms with E-state index in [0.717, 1.165) is 16.3 Å². The number of benzene rings is 2. The standard InChI is InChI=1S/C16H12FN3O2S2/c17-10-5-6-15-11(9-10)12(7-8-24(15,21)22)19-20-16-18-13-3-1-2-4-14(13)23-16/h1-6,9H,7-8H2,(H,18,20)/b19-12+. The summed E-state index contributed by atoms with van der Waals surface area (Å²) in [5, 5.41) is 4.89. The molecule has 5 nitrogen and oxygen atoms in total. The number of anilines is 1. The number of fused-ring (bicyclic) bond motifs is 2. The van der Waals surface area contributed by atoms with Gasteiger partial charge in [-0.2, -0.15) is 5.10 Å². The second kappa shape index (κ2) is 5.64. The summed E-state index contributed by atoms with van der Waals surface area (Å²) in [5.74, 6) is -0.523. The van der Waals surface area contributed by atoms with E-state index in [2.05, 4.69) is 15.5 Å². The normalized spacial score (nSPS) is 17.8. The van der Waals surface area contributed by atoms with Crippen molar-refractivity contribution in [2.24, 2.45) is 5.10 Å². The Bertz CT molecular complexity index is 1040. The molecule has 0 amide bonds. The van der Waals surface area contributed by atoms with Gasteiger partial charge in [0.15, 0.2) is 9.84 Å². The first-order valence-electron chi connectivity index (χ1n) is 7.24. The van der Waals surface area contributed by atoms with Gasteiger partial charge in [0.05, 0.1) is 26.6 Å². The van der Waals surface area contributed by atoms with Gasteiger partial charge in [0, 0.05) is 12.0 Å². The summed E-state index contributed by atoms with van der Waals surface area (Å²) in [6.45, 7) is 0. The first-order chi connectivity index (χ1) is 11.5. The fraction of sp³-hybridized carbons (Fsp3) is 0.125. The Hall–Kier alpha value is -2.32. The van der Waals surface area contributed by atoms with Gasteiger partial charge < -0.3 is 0 Å². The molecule has 2 heterocycles. The van der Waals surface area contributed by atoms with Crippen LogP contribution >= 0.6 is 11.3 Å². The zero-order valence-electron chi connectivity index (χ0n) is 12.4. The summed E-state index contributed by atoms with van der Waals surface area (Å²) in [5.41, 5.74) is 4.56. The van der Waals surface area contributed by atoms with Gasteiger partial charge in [-0.3, -0.25) is 5.43 Å². The fourth-order valence-electron chi connectivity index (χ4n) is 2.63. The van der Waals surface area contributed by atoms with Crippen LogP contribution in [0.4, 0.5) is 9.52 Å². The van der Waals surface area contributed by atoms with Crippen molar-refractivity contribution in [2.45, 2.75) is 11.3 Å². The number of nitrogens with zero attached hydrogens (tertiary/aromatic N) is 2. The van der Waals surface area contributed by atoms with Gasteiger partial charge in [0.1, 0.15) is 5.82 Å². The molecule has 0 bridgehead atoms. The number of hydrazone groups is 1. The monoisotopic (exact) mass is 361 g/mol. The Labute approximate surface area is 141 Å². The molecular weight excluding hydrogens is 349 g/mol. The van der Waals surface area contributed by atoms with E-state index in [1.54, 1.807) is 0 Å². The van der Waals surface area contributed by atoms with Crippen molar-refractivity contribution in [1.29, 1.82) is 0 Å². The lowest BCUT2D eigenvalue weighted by atomic mass is 10.1. The van der Waals surface area contributed by atoms with Gasteiger partial charge >= 0.3 is 0 Å². The summed E-state index contributed by atoms with van der Waals surface area (Å²) >= 11 is 1.45. The molecule has 24 heavy (non-hydrogen) atoms. The van der Waals surface area contributed by atoms with Crippen LogP contribution in [0.15, 0.2) is 52.5 Å². The highest BCUT2D eigenvalue weighted by Gasteiger charge is 2.28.